The van der Waals surface area contributed by atoms with Crippen LogP contribution in [0.1, 0.15) is 5.56 Å². The summed E-state index contributed by atoms with van der Waals surface area (Å²) in [5.74, 6) is -1.33. The summed E-state index contributed by atoms with van der Waals surface area (Å²) in [6, 6.07) is 4.31. The molecule has 0 saturated heterocycles. The molecule has 0 radical (unpaired) electrons. The van der Waals surface area contributed by atoms with E-state index in [1.54, 1.807) is 26.4 Å². The van der Waals surface area contributed by atoms with Crippen LogP contribution in [0.25, 0.3) is 22.2 Å². The molecule has 0 saturated carbocycles. The van der Waals surface area contributed by atoms with Gasteiger partial charge in [0.25, 0.3) is 0 Å². The van der Waals surface area contributed by atoms with Gasteiger partial charge in [-0.05, 0) is 25.1 Å². The average molecular weight is 330 g/mol. The SMILES string of the molecule is Cc1c(F)ccc(-c2cnc3cnn(CC(=O)N(C)C)c3c2)c1F. The molecule has 1 amide bonds. The molecule has 5 nitrogen and oxygen atoms in total. The highest BCUT2D eigenvalue weighted by molar-refractivity contribution is 5.83. The molecule has 24 heavy (non-hydrogen) atoms. The molecule has 7 heteroatoms. The maximum Gasteiger partial charge on any atom is 0.243 e. The van der Waals surface area contributed by atoms with Crippen LogP contribution >= 0.6 is 0 Å². The van der Waals surface area contributed by atoms with Crippen LogP contribution in [0.2, 0.25) is 0 Å². The number of likely N-dealkylation sites (N-methyl/N-ethyl adjacent to an activating group) is 1. The summed E-state index contributed by atoms with van der Waals surface area (Å²) in [6.45, 7) is 1.45. The number of hydrogen-bond acceptors (Lipinski definition) is 3. The minimum Gasteiger partial charge on any atom is -0.347 e. The second kappa shape index (κ2) is 5.99. The summed E-state index contributed by atoms with van der Waals surface area (Å²) >= 11 is 0. The zero-order valence-electron chi connectivity index (χ0n) is 13.5. The predicted octanol–water partition coefficient (Wildman–Crippen LogP) is 2.77. The molecule has 0 aliphatic carbocycles. The van der Waals surface area contributed by atoms with Crippen molar-refractivity contribution < 1.29 is 13.6 Å². The van der Waals surface area contributed by atoms with Gasteiger partial charge in [0.2, 0.25) is 5.91 Å². The number of benzene rings is 1. The molecule has 0 spiro atoms. The molecule has 1 aromatic carbocycles. The standard InChI is InChI=1S/C17H16F2N4O/c1-10-13(18)5-4-12(17(10)19)11-6-15-14(20-7-11)8-21-23(15)9-16(24)22(2)3/h4-8H,9H2,1-3H3. The van der Waals surface area contributed by atoms with E-state index in [1.807, 2.05) is 0 Å². The van der Waals surface area contributed by atoms with Crippen molar-refractivity contribution in [2.75, 3.05) is 14.1 Å². The number of halogens is 2. The zero-order valence-corrected chi connectivity index (χ0v) is 13.5. The summed E-state index contributed by atoms with van der Waals surface area (Å²) in [4.78, 5) is 17.6. The van der Waals surface area contributed by atoms with Crippen LogP contribution in [0.3, 0.4) is 0 Å². The van der Waals surface area contributed by atoms with E-state index in [1.165, 1.54) is 34.8 Å². The lowest BCUT2D eigenvalue weighted by Gasteiger charge is -2.11. The number of nitrogens with zero attached hydrogens (tertiary/aromatic N) is 4. The minimum atomic E-state index is -0.619. The van der Waals surface area contributed by atoms with E-state index < -0.39 is 11.6 Å². The maximum atomic E-state index is 14.3. The van der Waals surface area contributed by atoms with Crippen LogP contribution in [-0.2, 0) is 11.3 Å². The Morgan fingerprint density at radius 1 is 1.25 bits per heavy atom. The van der Waals surface area contributed by atoms with Gasteiger partial charge in [0, 0.05) is 37.0 Å². The van der Waals surface area contributed by atoms with Crippen LogP contribution in [0.5, 0.6) is 0 Å². The zero-order chi connectivity index (χ0) is 17.4. The summed E-state index contributed by atoms with van der Waals surface area (Å²) in [5.41, 5.74) is 1.94. The molecule has 0 aliphatic rings. The molecule has 0 aliphatic heterocycles. The van der Waals surface area contributed by atoms with Gasteiger partial charge in [-0.2, -0.15) is 5.10 Å². The number of carbonyl (C=O) groups is 1. The lowest BCUT2D eigenvalue weighted by molar-refractivity contribution is -0.129. The van der Waals surface area contributed by atoms with Crippen LogP contribution in [0.15, 0.2) is 30.6 Å². The second-order valence-electron chi connectivity index (χ2n) is 5.75. The fourth-order valence-corrected chi connectivity index (χ4v) is 2.38. The molecule has 0 N–H and O–H groups in total. The van der Waals surface area contributed by atoms with Crippen molar-refractivity contribution in [1.29, 1.82) is 0 Å². The Morgan fingerprint density at radius 2 is 2.00 bits per heavy atom. The third kappa shape index (κ3) is 2.73. The lowest BCUT2D eigenvalue weighted by Crippen LogP contribution is -2.26. The molecule has 124 valence electrons. The second-order valence-corrected chi connectivity index (χ2v) is 5.75. The van der Waals surface area contributed by atoms with E-state index in [-0.39, 0.29) is 23.6 Å². The van der Waals surface area contributed by atoms with Crippen molar-refractivity contribution in [3.8, 4) is 11.1 Å². The highest BCUT2D eigenvalue weighted by Gasteiger charge is 2.15. The van der Waals surface area contributed by atoms with Crippen molar-refractivity contribution in [2.45, 2.75) is 13.5 Å². The lowest BCUT2D eigenvalue weighted by atomic mass is 10.0. The molecule has 0 unspecified atom stereocenters. The highest BCUT2D eigenvalue weighted by atomic mass is 19.1. The van der Waals surface area contributed by atoms with Gasteiger partial charge >= 0.3 is 0 Å². The van der Waals surface area contributed by atoms with Crippen molar-refractivity contribution >= 4 is 16.9 Å². The van der Waals surface area contributed by atoms with Crippen molar-refractivity contribution in [1.82, 2.24) is 19.7 Å². The first kappa shape index (κ1) is 16.0. The van der Waals surface area contributed by atoms with Crippen molar-refractivity contribution in [2.24, 2.45) is 0 Å². The normalized spacial score (nSPS) is 11.0. The maximum absolute atomic E-state index is 14.3. The number of pyridine rings is 1. The smallest absolute Gasteiger partial charge is 0.243 e. The molecule has 2 heterocycles. The van der Waals surface area contributed by atoms with E-state index in [0.717, 1.165) is 0 Å². The number of carbonyl (C=O) groups excluding carboxylic acids is 1. The number of fused-ring (bicyclic) bond motifs is 1. The molecular weight excluding hydrogens is 314 g/mol. The van der Waals surface area contributed by atoms with Gasteiger partial charge in [0.1, 0.15) is 23.7 Å². The van der Waals surface area contributed by atoms with Gasteiger partial charge in [-0.3, -0.25) is 14.5 Å². The minimum absolute atomic E-state index is 0.0381. The molecule has 0 atom stereocenters. The van der Waals surface area contributed by atoms with Crippen LogP contribution in [0.4, 0.5) is 8.78 Å². The Balaban J connectivity index is 2.08. The third-order valence-electron chi connectivity index (χ3n) is 3.91. The average Bonchev–Trinajstić information content (AvgIpc) is 2.95. The Kier molecular flexibility index (Phi) is 4.01. The summed E-state index contributed by atoms with van der Waals surface area (Å²) in [5, 5.41) is 4.16. The van der Waals surface area contributed by atoms with Gasteiger partial charge in [-0.15, -0.1) is 0 Å². The first-order valence-corrected chi connectivity index (χ1v) is 7.35. The van der Waals surface area contributed by atoms with Crippen molar-refractivity contribution in [3.63, 3.8) is 0 Å². The number of aromatic nitrogens is 3. The molecule has 0 fully saturated rings. The van der Waals surface area contributed by atoms with Gasteiger partial charge in [0.15, 0.2) is 0 Å². The third-order valence-corrected chi connectivity index (χ3v) is 3.91. The molecule has 0 bridgehead atoms. The topological polar surface area (TPSA) is 51.0 Å². The van der Waals surface area contributed by atoms with E-state index in [4.69, 9.17) is 0 Å². The van der Waals surface area contributed by atoms with Gasteiger partial charge < -0.3 is 4.90 Å². The first-order chi connectivity index (χ1) is 11.4. The summed E-state index contributed by atoms with van der Waals surface area (Å²) in [7, 11) is 3.32. The van der Waals surface area contributed by atoms with Gasteiger partial charge in [-0.1, -0.05) is 0 Å². The number of hydrogen-bond donors (Lipinski definition) is 0. The largest absolute Gasteiger partial charge is 0.347 e. The Labute approximate surface area is 137 Å². The molecule has 2 aromatic heterocycles. The fourth-order valence-electron chi connectivity index (χ4n) is 2.38. The van der Waals surface area contributed by atoms with Crippen molar-refractivity contribution in [3.05, 3.63) is 47.8 Å². The Hall–Kier alpha value is -2.83. The van der Waals surface area contributed by atoms with Crippen LogP contribution in [-0.4, -0.2) is 39.7 Å². The first-order valence-electron chi connectivity index (χ1n) is 7.35. The molecule has 3 rings (SSSR count). The summed E-state index contributed by atoms with van der Waals surface area (Å²) in [6.07, 6.45) is 3.06. The molecular formula is C17H16F2N4O. The fraction of sp³-hybridized carbons (Fsp3) is 0.235. The van der Waals surface area contributed by atoms with E-state index in [9.17, 15) is 13.6 Å². The summed E-state index contributed by atoms with van der Waals surface area (Å²) < 4.78 is 29.3. The van der Waals surface area contributed by atoms with Gasteiger partial charge in [0.05, 0.1) is 11.7 Å². The highest BCUT2D eigenvalue weighted by Crippen LogP contribution is 2.28. The Morgan fingerprint density at radius 3 is 2.71 bits per heavy atom. The number of amides is 1. The van der Waals surface area contributed by atoms with Gasteiger partial charge in [-0.25, -0.2) is 8.78 Å². The van der Waals surface area contributed by atoms with E-state index >= 15 is 0 Å². The quantitative estimate of drug-likeness (QED) is 0.742. The van der Waals surface area contributed by atoms with Crippen LogP contribution in [0, 0.1) is 18.6 Å². The Bertz CT molecular complexity index is 934. The predicted molar refractivity (Wildman–Crippen MR) is 86.3 cm³/mol. The monoisotopic (exact) mass is 330 g/mol. The van der Waals surface area contributed by atoms with Crippen LogP contribution < -0.4 is 0 Å². The van der Waals surface area contributed by atoms with E-state index in [0.29, 0.717) is 16.6 Å². The number of rotatable bonds is 3. The molecule has 3 aromatic rings. The van der Waals surface area contributed by atoms with E-state index in [2.05, 4.69) is 10.1 Å².